The van der Waals surface area contributed by atoms with Crippen LogP contribution in [0.2, 0.25) is 0 Å². The van der Waals surface area contributed by atoms with Crippen molar-refractivity contribution in [3.05, 3.63) is 0 Å². The smallest absolute Gasteiger partial charge is 0.235 e. The molecule has 6 nitrogen and oxygen atoms in total. The molecule has 0 aliphatic carbocycles. The highest BCUT2D eigenvalue weighted by Gasteiger charge is 2.39. The van der Waals surface area contributed by atoms with Gasteiger partial charge in [-0.15, -0.1) is 23.2 Å². The fourth-order valence-corrected chi connectivity index (χ4v) is 3.64. The average Bonchev–Trinajstić information content (AvgIpc) is 2.52. The van der Waals surface area contributed by atoms with Gasteiger partial charge in [0.25, 0.3) is 0 Å². The molecule has 1 fully saturated rings. The number of carbonyl (C=O) groups is 2. The van der Waals surface area contributed by atoms with Crippen molar-refractivity contribution in [3.8, 4) is 0 Å². The Morgan fingerprint density at radius 1 is 1.00 bits per heavy atom. The lowest BCUT2D eigenvalue weighted by molar-refractivity contribution is -0.121. The summed E-state index contributed by atoms with van der Waals surface area (Å²) in [6.07, 6.45) is 0. The third-order valence-corrected chi connectivity index (χ3v) is 4.51. The summed E-state index contributed by atoms with van der Waals surface area (Å²) in [6, 6.07) is -1.31. The van der Waals surface area contributed by atoms with Gasteiger partial charge in [-0.05, 0) is 0 Å². The molecule has 0 bridgehead atoms. The van der Waals surface area contributed by atoms with Crippen molar-refractivity contribution in [2.75, 3.05) is 23.3 Å². The highest BCUT2D eigenvalue weighted by molar-refractivity contribution is 7.91. The first-order valence-corrected chi connectivity index (χ1v) is 7.68. The van der Waals surface area contributed by atoms with Crippen molar-refractivity contribution in [3.63, 3.8) is 0 Å². The van der Waals surface area contributed by atoms with Gasteiger partial charge in [-0.3, -0.25) is 9.59 Å². The average molecular weight is 303 g/mol. The molecule has 0 aromatic rings. The number of amides is 2. The second kappa shape index (κ2) is 5.88. The summed E-state index contributed by atoms with van der Waals surface area (Å²) in [6.45, 7) is 0. The summed E-state index contributed by atoms with van der Waals surface area (Å²) >= 11 is 10.6. The molecule has 0 unspecified atom stereocenters. The maximum atomic E-state index is 11.4. The Bertz CT molecular complexity index is 380. The third kappa shape index (κ3) is 4.33. The van der Waals surface area contributed by atoms with Crippen molar-refractivity contribution in [1.29, 1.82) is 0 Å². The number of rotatable bonds is 4. The van der Waals surface area contributed by atoms with E-state index in [4.69, 9.17) is 23.2 Å². The summed E-state index contributed by atoms with van der Waals surface area (Å²) in [7, 11) is -3.27. The summed E-state index contributed by atoms with van der Waals surface area (Å²) in [5.74, 6) is -1.87. The van der Waals surface area contributed by atoms with E-state index in [0.29, 0.717) is 0 Å². The maximum absolute atomic E-state index is 11.4. The molecule has 2 N–H and O–H groups in total. The second-order valence-electron chi connectivity index (χ2n) is 3.69. The number of hydrogen-bond donors (Lipinski definition) is 2. The van der Waals surface area contributed by atoms with Gasteiger partial charge in [0.15, 0.2) is 9.84 Å². The number of halogens is 2. The molecule has 0 aromatic carbocycles. The lowest BCUT2D eigenvalue weighted by Crippen LogP contribution is -2.51. The molecule has 1 aliphatic rings. The van der Waals surface area contributed by atoms with E-state index in [1.807, 2.05) is 0 Å². The van der Waals surface area contributed by atoms with Crippen LogP contribution in [-0.4, -0.2) is 55.6 Å². The molecule has 2 atom stereocenters. The van der Waals surface area contributed by atoms with E-state index in [-0.39, 0.29) is 23.3 Å². The molecule has 17 heavy (non-hydrogen) atoms. The number of alkyl halides is 2. The summed E-state index contributed by atoms with van der Waals surface area (Å²) in [5.41, 5.74) is 0. The van der Waals surface area contributed by atoms with Crippen LogP contribution in [0.4, 0.5) is 0 Å². The van der Waals surface area contributed by atoms with Gasteiger partial charge in [-0.2, -0.15) is 0 Å². The van der Waals surface area contributed by atoms with Crippen molar-refractivity contribution < 1.29 is 18.0 Å². The van der Waals surface area contributed by atoms with Crippen molar-refractivity contribution in [1.82, 2.24) is 10.6 Å². The number of nitrogens with one attached hydrogen (secondary N) is 2. The lowest BCUT2D eigenvalue weighted by Gasteiger charge is -2.19. The molecule has 0 saturated carbocycles. The molecule has 0 radical (unpaired) electrons. The zero-order valence-electron chi connectivity index (χ0n) is 8.78. The van der Waals surface area contributed by atoms with Gasteiger partial charge in [0.2, 0.25) is 11.8 Å². The van der Waals surface area contributed by atoms with Crippen LogP contribution in [0, 0.1) is 0 Å². The first-order chi connectivity index (χ1) is 7.88. The monoisotopic (exact) mass is 302 g/mol. The minimum atomic E-state index is -3.27. The number of hydrogen-bond acceptors (Lipinski definition) is 4. The molecule has 1 rings (SSSR count). The fourth-order valence-electron chi connectivity index (χ4n) is 1.62. The summed E-state index contributed by atoms with van der Waals surface area (Å²) in [5, 5.41) is 4.91. The minimum Gasteiger partial charge on any atom is -0.349 e. The highest BCUT2D eigenvalue weighted by atomic mass is 35.5. The Hall–Kier alpha value is -0.530. The van der Waals surface area contributed by atoms with Gasteiger partial charge >= 0.3 is 0 Å². The Morgan fingerprint density at radius 2 is 1.35 bits per heavy atom. The zero-order chi connectivity index (χ0) is 13.1. The van der Waals surface area contributed by atoms with Crippen LogP contribution < -0.4 is 10.6 Å². The van der Waals surface area contributed by atoms with Gasteiger partial charge in [-0.1, -0.05) is 0 Å². The predicted octanol–water partition coefficient (Wildman–Crippen LogP) is -1.14. The van der Waals surface area contributed by atoms with E-state index in [9.17, 15) is 18.0 Å². The van der Waals surface area contributed by atoms with E-state index < -0.39 is 33.7 Å². The van der Waals surface area contributed by atoms with E-state index in [0.717, 1.165) is 0 Å². The molecular weight excluding hydrogens is 291 g/mol. The van der Waals surface area contributed by atoms with Crippen LogP contribution in [0.3, 0.4) is 0 Å². The largest absolute Gasteiger partial charge is 0.349 e. The fraction of sp³-hybridized carbons (Fsp3) is 0.750. The molecule has 0 aromatic heterocycles. The third-order valence-electron chi connectivity index (χ3n) is 2.29. The topological polar surface area (TPSA) is 92.3 Å². The molecular formula is C8H12Cl2N2O4S. The van der Waals surface area contributed by atoms with E-state index in [1.54, 1.807) is 0 Å². The molecule has 1 saturated heterocycles. The SMILES string of the molecule is O=C(CCl)N[C@H]1CS(=O)(=O)C[C@H]1NC(=O)CCl. The Morgan fingerprint density at radius 3 is 1.65 bits per heavy atom. The highest BCUT2D eigenvalue weighted by Crippen LogP contribution is 2.13. The van der Waals surface area contributed by atoms with Crippen LogP contribution >= 0.6 is 23.2 Å². The van der Waals surface area contributed by atoms with E-state index in [1.165, 1.54) is 0 Å². The van der Waals surface area contributed by atoms with Gasteiger partial charge in [0.05, 0.1) is 23.6 Å². The Balaban J connectivity index is 2.71. The zero-order valence-corrected chi connectivity index (χ0v) is 11.1. The molecule has 98 valence electrons. The molecule has 1 heterocycles. The van der Waals surface area contributed by atoms with E-state index in [2.05, 4.69) is 10.6 Å². The summed E-state index contributed by atoms with van der Waals surface area (Å²) in [4.78, 5) is 22.2. The van der Waals surface area contributed by atoms with Gasteiger partial charge in [-0.25, -0.2) is 8.42 Å². The Labute approximate surface area is 109 Å². The second-order valence-corrected chi connectivity index (χ2v) is 6.38. The lowest BCUT2D eigenvalue weighted by atomic mass is 10.1. The summed E-state index contributed by atoms with van der Waals surface area (Å²) < 4.78 is 22.8. The van der Waals surface area contributed by atoms with Gasteiger partial charge in [0, 0.05) is 0 Å². The molecule has 9 heteroatoms. The number of carbonyl (C=O) groups excluding carboxylic acids is 2. The first kappa shape index (κ1) is 14.5. The maximum Gasteiger partial charge on any atom is 0.235 e. The predicted molar refractivity (Wildman–Crippen MR) is 64.0 cm³/mol. The van der Waals surface area contributed by atoms with Crippen LogP contribution in [-0.2, 0) is 19.4 Å². The Kier molecular flexibility index (Phi) is 5.03. The van der Waals surface area contributed by atoms with Gasteiger partial charge in [0.1, 0.15) is 11.8 Å². The van der Waals surface area contributed by atoms with Crippen LogP contribution in [0.5, 0.6) is 0 Å². The van der Waals surface area contributed by atoms with E-state index >= 15 is 0 Å². The van der Waals surface area contributed by atoms with Crippen LogP contribution in [0.25, 0.3) is 0 Å². The minimum absolute atomic E-state index is 0.205. The quantitative estimate of drug-likeness (QED) is 0.642. The molecule has 2 amide bonds. The standard InChI is InChI=1S/C8H12Cl2N2O4S/c9-1-7(13)11-5-3-17(15,16)4-6(5)12-8(14)2-10/h5-6H,1-4H2,(H,11,13)(H,12,14)/t5-,6+. The molecule has 1 aliphatic heterocycles. The molecule has 0 spiro atoms. The van der Waals surface area contributed by atoms with Gasteiger partial charge < -0.3 is 10.6 Å². The first-order valence-electron chi connectivity index (χ1n) is 4.79. The number of sulfone groups is 1. The van der Waals surface area contributed by atoms with Crippen molar-refractivity contribution >= 4 is 44.9 Å². The van der Waals surface area contributed by atoms with Crippen LogP contribution in [0.15, 0.2) is 0 Å². The van der Waals surface area contributed by atoms with Crippen LogP contribution in [0.1, 0.15) is 0 Å². The van der Waals surface area contributed by atoms with Crippen molar-refractivity contribution in [2.24, 2.45) is 0 Å². The normalized spacial score (nSPS) is 26.5. The van der Waals surface area contributed by atoms with Crippen molar-refractivity contribution in [2.45, 2.75) is 12.1 Å².